The Morgan fingerprint density at radius 3 is 2.65 bits per heavy atom. The number of rotatable bonds is 5. The average molecular weight is 305 g/mol. The van der Waals surface area contributed by atoms with Crippen LogP contribution in [0.25, 0.3) is 5.65 Å². The molecule has 23 heavy (non-hydrogen) atoms. The van der Waals surface area contributed by atoms with Crippen molar-refractivity contribution in [2.24, 2.45) is 5.92 Å². The van der Waals surface area contributed by atoms with Crippen LogP contribution in [0.4, 0.5) is 5.82 Å². The molecule has 4 rings (SSSR count). The highest BCUT2D eigenvalue weighted by Gasteiger charge is 2.30. The molecular formula is C19H19N3O. The summed E-state index contributed by atoms with van der Waals surface area (Å²) in [6.07, 6.45) is 5.68. The van der Waals surface area contributed by atoms with Crippen molar-refractivity contribution in [1.29, 1.82) is 0 Å². The van der Waals surface area contributed by atoms with E-state index in [-0.39, 0.29) is 11.8 Å². The number of hydrogen-bond donors (Lipinski definition) is 1. The summed E-state index contributed by atoms with van der Waals surface area (Å²) in [5, 5.41) is 3.09. The maximum Gasteiger partial charge on any atom is 0.228 e. The fraction of sp³-hybridized carbons (Fsp3) is 0.263. The lowest BCUT2D eigenvalue weighted by atomic mass is 10.1. The van der Waals surface area contributed by atoms with E-state index < -0.39 is 0 Å². The van der Waals surface area contributed by atoms with Crippen LogP contribution in [0.5, 0.6) is 0 Å². The Balaban J connectivity index is 1.62. The number of anilines is 1. The zero-order valence-electron chi connectivity index (χ0n) is 12.9. The van der Waals surface area contributed by atoms with E-state index in [4.69, 9.17) is 4.98 Å². The number of hydrogen-bond acceptors (Lipinski definition) is 2. The van der Waals surface area contributed by atoms with E-state index in [9.17, 15) is 4.79 Å². The topological polar surface area (TPSA) is 46.4 Å². The smallest absolute Gasteiger partial charge is 0.228 e. The first-order valence-corrected chi connectivity index (χ1v) is 8.12. The van der Waals surface area contributed by atoms with Gasteiger partial charge in [-0.05, 0) is 43.4 Å². The molecule has 1 aliphatic carbocycles. The summed E-state index contributed by atoms with van der Waals surface area (Å²) in [5.74, 6) is 1.14. The Kier molecular flexibility index (Phi) is 3.58. The Morgan fingerprint density at radius 1 is 1.09 bits per heavy atom. The Hall–Kier alpha value is -2.62. The molecule has 0 radical (unpaired) electrons. The maximum absolute atomic E-state index is 12.2. The molecule has 1 saturated carbocycles. The summed E-state index contributed by atoms with van der Waals surface area (Å²) >= 11 is 0. The number of benzene rings is 1. The van der Waals surface area contributed by atoms with Gasteiger partial charge in [-0.2, -0.15) is 0 Å². The Labute approximate surface area is 135 Å². The van der Waals surface area contributed by atoms with Crippen molar-refractivity contribution in [3.63, 3.8) is 0 Å². The number of pyridine rings is 1. The van der Waals surface area contributed by atoms with Crippen molar-refractivity contribution in [3.8, 4) is 0 Å². The number of imidazole rings is 1. The minimum absolute atomic E-state index is 0.122. The molecule has 1 aromatic carbocycles. The highest BCUT2D eigenvalue weighted by atomic mass is 16.2. The fourth-order valence-corrected chi connectivity index (χ4v) is 2.82. The van der Waals surface area contributed by atoms with Crippen LogP contribution >= 0.6 is 0 Å². The van der Waals surface area contributed by atoms with Gasteiger partial charge >= 0.3 is 0 Å². The predicted molar refractivity (Wildman–Crippen MR) is 90.4 cm³/mol. The number of nitrogens with one attached hydrogen (secondary N) is 1. The van der Waals surface area contributed by atoms with Crippen LogP contribution in [-0.2, 0) is 17.6 Å². The summed E-state index contributed by atoms with van der Waals surface area (Å²) in [6, 6.07) is 16.3. The van der Waals surface area contributed by atoms with Crippen molar-refractivity contribution in [2.75, 3.05) is 5.32 Å². The van der Waals surface area contributed by atoms with Crippen molar-refractivity contribution in [3.05, 3.63) is 66.0 Å². The summed E-state index contributed by atoms with van der Waals surface area (Å²) < 4.78 is 1.97. The van der Waals surface area contributed by atoms with Crippen LogP contribution in [0.3, 0.4) is 0 Å². The van der Waals surface area contributed by atoms with Crippen LogP contribution in [0, 0.1) is 5.92 Å². The fourth-order valence-electron chi connectivity index (χ4n) is 2.82. The van der Waals surface area contributed by atoms with Crippen molar-refractivity contribution >= 4 is 17.4 Å². The highest BCUT2D eigenvalue weighted by Crippen LogP contribution is 2.31. The van der Waals surface area contributed by atoms with Gasteiger partial charge in [-0.15, -0.1) is 0 Å². The molecule has 0 atom stereocenters. The average Bonchev–Trinajstić information content (AvgIpc) is 3.38. The third kappa shape index (κ3) is 2.97. The third-order valence-corrected chi connectivity index (χ3v) is 4.29. The number of aryl methyl sites for hydroxylation is 2. The zero-order valence-corrected chi connectivity index (χ0v) is 12.9. The second-order valence-electron chi connectivity index (χ2n) is 6.09. The summed E-state index contributed by atoms with van der Waals surface area (Å²) in [6.45, 7) is 0. The quantitative estimate of drug-likeness (QED) is 0.784. The minimum Gasteiger partial charge on any atom is -0.310 e. The predicted octanol–water partition coefficient (Wildman–Crippen LogP) is 3.47. The number of carbonyl (C=O) groups excluding carboxylic acids is 1. The molecule has 116 valence electrons. The lowest BCUT2D eigenvalue weighted by Gasteiger charge is -2.07. The molecule has 1 fully saturated rings. The molecule has 1 aliphatic rings. The molecule has 0 aliphatic heterocycles. The molecule has 3 aromatic rings. The lowest BCUT2D eigenvalue weighted by molar-refractivity contribution is -0.117. The third-order valence-electron chi connectivity index (χ3n) is 4.29. The van der Waals surface area contributed by atoms with Gasteiger partial charge in [-0.3, -0.25) is 9.20 Å². The monoisotopic (exact) mass is 305 g/mol. The van der Waals surface area contributed by atoms with Gasteiger partial charge in [0.2, 0.25) is 5.91 Å². The largest absolute Gasteiger partial charge is 0.310 e. The van der Waals surface area contributed by atoms with Crippen LogP contribution in [0.1, 0.15) is 24.1 Å². The van der Waals surface area contributed by atoms with Crippen LogP contribution in [0.15, 0.2) is 54.7 Å². The molecule has 2 aromatic heterocycles. The van der Waals surface area contributed by atoms with E-state index in [2.05, 4.69) is 29.6 Å². The van der Waals surface area contributed by atoms with Gasteiger partial charge in [0.25, 0.3) is 0 Å². The molecule has 0 unspecified atom stereocenters. The molecule has 1 amide bonds. The van der Waals surface area contributed by atoms with Gasteiger partial charge in [-0.1, -0.05) is 36.4 Å². The first-order chi connectivity index (χ1) is 11.3. The first-order valence-electron chi connectivity index (χ1n) is 8.12. The number of aromatic nitrogens is 2. The number of nitrogens with zero attached hydrogens (tertiary/aromatic N) is 2. The molecule has 0 spiro atoms. The van der Waals surface area contributed by atoms with Crippen LogP contribution in [-0.4, -0.2) is 15.3 Å². The second kappa shape index (κ2) is 5.88. The Bertz CT molecular complexity index is 834. The van der Waals surface area contributed by atoms with Gasteiger partial charge in [-0.25, -0.2) is 4.98 Å². The van der Waals surface area contributed by atoms with E-state index in [1.807, 2.05) is 34.9 Å². The van der Waals surface area contributed by atoms with E-state index in [0.717, 1.165) is 42.8 Å². The van der Waals surface area contributed by atoms with E-state index >= 15 is 0 Å². The minimum atomic E-state index is 0.122. The van der Waals surface area contributed by atoms with Crippen LogP contribution in [0.2, 0.25) is 0 Å². The maximum atomic E-state index is 12.2. The SMILES string of the molecule is O=C(Nc1c(CCc2ccccc2)nc2ccccn12)C1CC1. The zero-order chi connectivity index (χ0) is 15.6. The number of fused-ring (bicyclic) bond motifs is 1. The Morgan fingerprint density at radius 2 is 1.87 bits per heavy atom. The van der Waals surface area contributed by atoms with Crippen molar-refractivity contribution in [1.82, 2.24) is 9.38 Å². The molecule has 0 saturated heterocycles. The van der Waals surface area contributed by atoms with Gasteiger partial charge in [0, 0.05) is 12.1 Å². The standard InChI is InChI=1S/C19H19N3O/c23-19(15-10-11-15)21-18-16(12-9-14-6-2-1-3-7-14)20-17-8-4-5-13-22(17)18/h1-8,13,15H,9-12H2,(H,21,23). The molecule has 1 N–H and O–H groups in total. The summed E-state index contributed by atoms with van der Waals surface area (Å²) in [4.78, 5) is 16.9. The van der Waals surface area contributed by atoms with Gasteiger partial charge in [0.15, 0.2) is 0 Å². The normalized spacial score (nSPS) is 14.1. The van der Waals surface area contributed by atoms with Crippen molar-refractivity contribution in [2.45, 2.75) is 25.7 Å². The molecule has 2 heterocycles. The lowest BCUT2D eigenvalue weighted by Crippen LogP contribution is -2.16. The van der Waals surface area contributed by atoms with Crippen molar-refractivity contribution < 1.29 is 4.79 Å². The number of amides is 1. The highest BCUT2D eigenvalue weighted by molar-refractivity contribution is 5.94. The van der Waals surface area contributed by atoms with E-state index in [1.54, 1.807) is 0 Å². The molecule has 4 nitrogen and oxygen atoms in total. The van der Waals surface area contributed by atoms with Gasteiger partial charge in [0.1, 0.15) is 11.5 Å². The van der Waals surface area contributed by atoms with E-state index in [1.165, 1.54) is 5.56 Å². The van der Waals surface area contributed by atoms with Gasteiger partial charge < -0.3 is 5.32 Å². The van der Waals surface area contributed by atoms with E-state index in [0.29, 0.717) is 0 Å². The molecule has 4 heteroatoms. The molecule has 0 bridgehead atoms. The van der Waals surface area contributed by atoms with Crippen LogP contribution < -0.4 is 5.32 Å². The second-order valence-corrected chi connectivity index (χ2v) is 6.09. The summed E-state index contributed by atoms with van der Waals surface area (Å²) in [7, 11) is 0. The first kappa shape index (κ1) is 14.0. The number of carbonyl (C=O) groups is 1. The molecular weight excluding hydrogens is 286 g/mol. The summed E-state index contributed by atoms with van der Waals surface area (Å²) in [5.41, 5.74) is 3.11. The van der Waals surface area contributed by atoms with Gasteiger partial charge in [0.05, 0.1) is 5.69 Å².